The third-order valence-electron chi connectivity index (χ3n) is 12.0. The van der Waals surface area contributed by atoms with Crippen molar-refractivity contribution in [2.24, 2.45) is 11.5 Å². The maximum Gasteiger partial charge on any atom is 0.326 e. The zero-order valence-electron chi connectivity index (χ0n) is 36.7. The first-order valence-corrected chi connectivity index (χ1v) is 22.3. The van der Waals surface area contributed by atoms with E-state index in [0.717, 1.165) is 27.6 Å². The lowest BCUT2D eigenvalue weighted by atomic mass is 10.0. The van der Waals surface area contributed by atoms with Gasteiger partial charge in [-0.15, -0.1) is 0 Å². The van der Waals surface area contributed by atoms with Gasteiger partial charge in [-0.05, 0) is 67.7 Å². The van der Waals surface area contributed by atoms with Crippen LogP contribution in [0.15, 0.2) is 91.1 Å². The first kappa shape index (κ1) is 48.2. The van der Waals surface area contributed by atoms with Crippen molar-refractivity contribution in [3.63, 3.8) is 0 Å². The molecule has 6 atom stereocenters. The van der Waals surface area contributed by atoms with Crippen LogP contribution in [0.5, 0.6) is 0 Å². The second-order valence-corrected chi connectivity index (χ2v) is 16.7. The number of aliphatic carboxylic acids is 1. The zero-order chi connectivity index (χ0) is 47.2. The van der Waals surface area contributed by atoms with Gasteiger partial charge in [0.1, 0.15) is 30.2 Å². The van der Waals surface area contributed by atoms with Gasteiger partial charge >= 0.3 is 5.97 Å². The first-order valence-electron chi connectivity index (χ1n) is 22.3. The average Bonchev–Trinajstić information content (AvgIpc) is 4.10. The Balaban J connectivity index is 1.11. The molecule has 0 saturated carbocycles. The van der Waals surface area contributed by atoms with Gasteiger partial charge in [-0.3, -0.25) is 34.2 Å². The minimum atomic E-state index is -1.24. The van der Waals surface area contributed by atoms with Crippen LogP contribution < -0.4 is 38.1 Å². The summed E-state index contributed by atoms with van der Waals surface area (Å²) >= 11 is 0. The van der Waals surface area contributed by atoms with Crippen molar-refractivity contribution in [3.05, 3.63) is 108 Å². The summed E-state index contributed by atoms with van der Waals surface area (Å²) in [7, 11) is 0. The number of nitrogens with zero attached hydrogens (tertiary/aromatic N) is 2. The van der Waals surface area contributed by atoms with Gasteiger partial charge < -0.3 is 57.9 Å². The molecule has 66 heavy (non-hydrogen) atoms. The molecule has 3 heterocycles. The summed E-state index contributed by atoms with van der Waals surface area (Å²) in [5.41, 5.74) is 15.0. The highest BCUT2D eigenvalue weighted by Crippen LogP contribution is 2.22. The van der Waals surface area contributed by atoms with Gasteiger partial charge in [-0.2, -0.15) is 0 Å². The van der Waals surface area contributed by atoms with Crippen molar-refractivity contribution in [1.29, 1.82) is 5.41 Å². The van der Waals surface area contributed by atoms with Crippen molar-refractivity contribution >= 4 is 58.3 Å². The van der Waals surface area contributed by atoms with Crippen LogP contribution in [0.25, 0.3) is 10.9 Å². The van der Waals surface area contributed by atoms with Gasteiger partial charge in [0.25, 0.3) is 0 Å². The van der Waals surface area contributed by atoms with Crippen LogP contribution in [0, 0.1) is 5.41 Å². The van der Waals surface area contributed by atoms with E-state index in [2.05, 4.69) is 31.6 Å². The molecular formula is C47H59N11O8. The Morgan fingerprint density at radius 2 is 1.30 bits per heavy atom. The molecule has 0 spiro atoms. The molecule has 4 aromatic rings. The fraction of sp³-hybridized carbons (Fsp3) is 0.404. The standard InChI is InChI=1S/C47H59N11O8/c48-33(26-31-27-52-34-17-8-7-16-32(31)34)41(60)55-36(24-29-12-3-1-4-13-29)42(61)56-37(25-30-14-5-2-6-15-30)45(64)58-23-11-19-38(58)43(62)53-28-40(59)57-22-10-20-39(57)44(63)54-35(46(65)66)18-9-21-51-47(49)50/h1-8,12-17,27,33,35-39,52H,9-11,18-26,28,48H2,(H,53,62)(H,54,63)(H,55,60)(H,56,61)(H,65,66)(H4,49,50,51)/t33-,35-,36-,37-,38-,39-/m0/s1. The number of likely N-dealkylation sites (tertiary alicyclic amines) is 2. The third-order valence-corrected chi connectivity index (χ3v) is 12.0. The van der Waals surface area contributed by atoms with Crippen molar-refractivity contribution in [2.75, 3.05) is 26.2 Å². The molecule has 6 rings (SSSR count). The second kappa shape index (κ2) is 23.1. The van der Waals surface area contributed by atoms with E-state index in [1.807, 2.05) is 91.1 Å². The van der Waals surface area contributed by atoms with Crippen molar-refractivity contribution in [2.45, 2.75) is 94.0 Å². The number of nitrogens with two attached hydrogens (primary N) is 2. The summed E-state index contributed by atoms with van der Waals surface area (Å²) < 4.78 is 0. The van der Waals surface area contributed by atoms with Crippen molar-refractivity contribution in [1.82, 2.24) is 41.4 Å². The van der Waals surface area contributed by atoms with E-state index >= 15 is 0 Å². The summed E-state index contributed by atoms with van der Waals surface area (Å²) in [5.74, 6) is -4.93. The Hall–Kier alpha value is -7.28. The van der Waals surface area contributed by atoms with Crippen LogP contribution in [-0.2, 0) is 52.8 Å². The topological polar surface area (TPSA) is 298 Å². The van der Waals surface area contributed by atoms with Gasteiger partial charge in [-0.1, -0.05) is 78.9 Å². The van der Waals surface area contributed by atoms with E-state index in [1.54, 1.807) is 0 Å². The molecule has 0 aliphatic carbocycles. The SMILES string of the molecule is N=C(N)NCCC[C@H](NC(=O)[C@@H]1CCCN1C(=O)CNC(=O)[C@@H]1CCCN1C(=O)[C@H](Cc1ccccc1)NC(=O)[C@H](Cc1ccccc1)NC(=O)[C@@H](N)Cc1c[nH]c2ccccc12)C(=O)O. The molecule has 12 N–H and O–H groups in total. The summed E-state index contributed by atoms with van der Waals surface area (Å²) in [4.78, 5) is 101. The number of carboxylic acid groups (broad SMARTS) is 1. The molecule has 0 radical (unpaired) electrons. The molecular weight excluding hydrogens is 847 g/mol. The smallest absolute Gasteiger partial charge is 0.326 e. The number of carbonyl (C=O) groups is 7. The number of hydrogen-bond acceptors (Lipinski definition) is 9. The number of H-pyrrole nitrogens is 1. The molecule has 350 valence electrons. The van der Waals surface area contributed by atoms with E-state index in [9.17, 15) is 38.7 Å². The number of carboxylic acids is 1. The number of rotatable bonds is 21. The molecule has 2 aliphatic rings. The third kappa shape index (κ3) is 12.9. The Morgan fingerprint density at radius 1 is 0.712 bits per heavy atom. The Morgan fingerprint density at radius 3 is 1.95 bits per heavy atom. The first-order chi connectivity index (χ1) is 31.8. The van der Waals surface area contributed by atoms with Gasteiger partial charge in [0, 0.05) is 49.6 Å². The highest BCUT2D eigenvalue weighted by atomic mass is 16.4. The predicted octanol–water partition coefficient (Wildman–Crippen LogP) is 0.424. The van der Waals surface area contributed by atoms with Crippen LogP contribution in [0.2, 0.25) is 0 Å². The summed E-state index contributed by atoms with van der Waals surface area (Å²) in [6.45, 7) is 0.216. The molecule has 3 aromatic carbocycles. The predicted molar refractivity (Wildman–Crippen MR) is 245 cm³/mol. The second-order valence-electron chi connectivity index (χ2n) is 16.7. The summed E-state index contributed by atoms with van der Waals surface area (Å²) in [6, 6.07) is 19.5. The minimum Gasteiger partial charge on any atom is -0.480 e. The number of hydrogen-bond donors (Lipinski definition) is 10. The van der Waals surface area contributed by atoms with E-state index in [4.69, 9.17) is 16.9 Å². The number of benzene rings is 3. The Kier molecular flexibility index (Phi) is 16.8. The van der Waals surface area contributed by atoms with Gasteiger partial charge in [-0.25, -0.2) is 4.79 Å². The number of amides is 6. The van der Waals surface area contributed by atoms with E-state index < -0.39 is 84.2 Å². The minimum absolute atomic E-state index is 0.0667. The Bertz CT molecular complexity index is 2360. The molecule has 19 nitrogen and oxygen atoms in total. The van der Waals surface area contributed by atoms with Crippen LogP contribution in [-0.4, -0.2) is 130 Å². The number of aromatic nitrogens is 1. The van der Waals surface area contributed by atoms with Crippen LogP contribution >= 0.6 is 0 Å². The quantitative estimate of drug-likeness (QED) is 0.0311. The van der Waals surface area contributed by atoms with Crippen LogP contribution in [0.3, 0.4) is 0 Å². The fourth-order valence-corrected chi connectivity index (χ4v) is 8.57. The monoisotopic (exact) mass is 905 g/mol. The molecule has 2 aliphatic heterocycles. The Labute approximate surface area is 382 Å². The van der Waals surface area contributed by atoms with Crippen molar-refractivity contribution in [3.8, 4) is 0 Å². The summed E-state index contributed by atoms with van der Waals surface area (Å²) in [6.07, 6.45) is 4.15. The van der Waals surface area contributed by atoms with Gasteiger partial charge in [0.2, 0.25) is 35.4 Å². The normalized spacial score (nSPS) is 17.5. The largest absolute Gasteiger partial charge is 0.480 e. The zero-order valence-corrected chi connectivity index (χ0v) is 36.7. The van der Waals surface area contributed by atoms with Gasteiger partial charge in [0.15, 0.2) is 5.96 Å². The van der Waals surface area contributed by atoms with Crippen molar-refractivity contribution < 1.29 is 38.7 Å². The highest BCUT2D eigenvalue weighted by molar-refractivity contribution is 5.97. The number of guanidine groups is 1. The maximum atomic E-state index is 14.6. The van der Waals surface area contributed by atoms with Gasteiger partial charge in [0.05, 0.1) is 12.6 Å². The number of nitrogens with one attached hydrogen (secondary N) is 7. The van der Waals surface area contributed by atoms with Crippen LogP contribution in [0.1, 0.15) is 55.2 Å². The fourth-order valence-electron chi connectivity index (χ4n) is 8.57. The van der Waals surface area contributed by atoms with E-state index in [-0.39, 0.29) is 51.3 Å². The molecule has 1 aromatic heterocycles. The maximum absolute atomic E-state index is 14.6. The number of para-hydroxylation sites is 1. The van der Waals surface area contributed by atoms with E-state index in [1.165, 1.54) is 9.80 Å². The lowest BCUT2D eigenvalue weighted by Gasteiger charge is -2.30. The average molecular weight is 906 g/mol. The number of fused-ring (bicyclic) bond motifs is 1. The molecule has 0 unspecified atom stereocenters. The lowest BCUT2D eigenvalue weighted by molar-refractivity contribution is -0.144. The number of carbonyl (C=O) groups excluding carboxylic acids is 6. The number of aromatic amines is 1. The summed E-state index contributed by atoms with van der Waals surface area (Å²) in [5, 5.41) is 31.4. The molecule has 0 bridgehead atoms. The highest BCUT2D eigenvalue weighted by Gasteiger charge is 2.40. The lowest BCUT2D eigenvalue weighted by Crippen LogP contribution is -2.59. The van der Waals surface area contributed by atoms with E-state index in [0.29, 0.717) is 32.1 Å². The van der Waals surface area contributed by atoms with Crippen LogP contribution in [0.4, 0.5) is 0 Å². The molecule has 19 heteroatoms. The molecule has 2 fully saturated rings. The molecule has 6 amide bonds. The molecule has 2 saturated heterocycles.